The van der Waals surface area contributed by atoms with E-state index in [0.717, 1.165) is 43.6 Å². The van der Waals surface area contributed by atoms with E-state index in [0.29, 0.717) is 5.91 Å². The van der Waals surface area contributed by atoms with Gasteiger partial charge < -0.3 is 10.2 Å². The van der Waals surface area contributed by atoms with Crippen LogP contribution in [0.15, 0.2) is 18.2 Å². The summed E-state index contributed by atoms with van der Waals surface area (Å²) in [6, 6.07) is 6.36. The molecule has 0 saturated heterocycles. The van der Waals surface area contributed by atoms with E-state index in [1.54, 1.807) is 0 Å². The van der Waals surface area contributed by atoms with Gasteiger partial charge in [0.05, 0.1) is 0 Å². The Morgan fingerprint density at radius 2 is 2.17 bits per heavy atom. The molecule has 1 amide bonds. The van der Waals surface area contributed by atoms with Gasteiger partial charge in [0.15, 0.2) is 0 Å². The summed E-state index contributed by atoms with van der Waals surface area (Å²) in [5.74, 6) is 0.629. The van der Waals surface area contributed by atoms with E-state index in [9.17, 15) is 4.79 Å². The van der Waals surface area contributed by atoms with E-state index < -0.39 is 0 Å². The molecular weight excluding hydrogens is 224 g/mol. The number of carbonyl (C=O) groups excluding carboxylic acids is 1. The zero-order valence-electron chi connectivity index (χ0n) is 10.9. The monoisotopic (exact) mass is 244 g/mol. The van der Waals surface area contributed by atoms with Crippen LogP contribution in [0.3, 0.4) is 0 Å². The van der Waals surface area contributed by atoms with E-state index in [1.165, 1.54) is 12.0 Å². The van der Waals surface area contributed by atoms with Gasteiger partial charge >= 0.3 is 0 Å². The van der Waals surface area contributed by atoms with Gasteiger partial charge in [0.2, 0.25) is 5.91 Å². The third-order valence-corrected chi connectivity index (χ3v) is 4.21. The first kappa shape index (κ1) is 11.6. The van der Waals surface area contributed by atoms with Crippen molar-refractivity contribution in [2.24, 2.45) is 5.92 Å². The molecule has 0 unspecified atom stereocenters. The van der Waals surface area contributed by atoms with Crippen LogP contribution in [-0.2, 0) is 11.2 Å². The van der Waals surface area contributed by atoms with Crippen LogP contribution in [0.2, 0.25) is 0 Å². The Morgan fingerprint density at radius 1 is 1.33 bits per heavy atom. The Balaban J connectivity index is 1.91. The van der Waals surface area contributed by atoms with Gasteiger partial charge in [-0.05, 0) is 43.4 Å². The zero-order chi connectivity index (χ0) is 12.5. The van der Waals surface area contributed by atoms with Crippen LogP contribution in [0.1, 0.15) is 31.2 Å². The number of nitrogens with zero attached hydrogens (tertiary/aromatic N) is 1. The predicted molar refractivity (Wildman–Crippen MR) is 74.0 cm³/mol. The van der Waals surface area contributed by atoms with Gasteiger partial charge in [0.25, 0.3) is 0 Å². The summed E-state index contributed by atoms with van der Waals surface area (Å²) in [5.41, 5.74) is 3.53. The molecule has 0 radical (unpaired) electrons. The first-order valence-electron chi connectivity index (χ1n) is 6.91. The summed E-state index contributed by atoms with van der Waals surface area (Å²) in [6.07, 6.45) is 5.55. The lowest BCUT2D eigenvalue weighted by Crippen LogP contribution is -2.41. The van der Waals surface area contributed by atoms with Crippen molar-refractivity contribution in [1.82, 2.24) is 0 Å². The second kappa shape index (κ2) is 4.63. The largest absolute Gasteiger partial charge is 0.388 e. The molecule has 96 valence electrons. The van der Waals surface area contributed by atoms with Crippen LogP contribution in [0.4, 0.5) is 11.4 Å². The maximum Gasteiger partial charge on any atom is 0.230 e. The topological polar surface area (TPSA) is 32.3 Å². The maximum atomic E-state index is 12.4. The number of nitrogens with one attached hydrogen (secondary N) is 1. The highest BCUT2D eigenvalue weighted by Gasteiger charge is 2.32. The van der Waals surface area contributed by atoms with Gasteiger partial charge in [-0.1, -0.05) is 12.5 Å². The lowest BCUT2D eigenvalue weighted by Gasteiger charge is -2.35. The van der Waals surface area contributed by atoms with Crippen molar-refractivity contribution in [3.8, 4) is 0 Å². The number of aryl methyl sites for hydroxylation is 1. The lowest BCUT2D eigenvalue weighted by atomic mass is 9.83. The van der Waals surface area contributed by atoms with Crippen molar-refractivity contribution in [3.05, 3.63) is 23.8 Å². The van der Waals surface area contributed by atoms with Gasteiger partial charge in [-0.3, -0.25) is 4.79 Å². The average Bonchev–Trinajstić information content (AvgIpc) is 2.35. The van der Waals surface area contributed by atoms with E-state index in [-0.39, 0.29) is 5.92 Å². The minimum atomic E-state index is 0.286. The molecule has 1 aromatic carbocycles. The molecule has 0 spiro atoms. The van der Waals surface area contributed by atoms with Gasteiger partial charge in [0.1, 0.15) is 0 Å². The number of anilines is 2. The number of hydrogen-bond donors (Lipinski definition) is 1. The van der Waals surface area contributed by atoms with Crippen LogP contribution < -0.4 is 10.2 Å². The van der Waals surface area contributed by atoms with Crippen molar-refractivity contribution in [2.75, 3.05) is 23.8 Å². The Labute approximate surface area is 108 Å². The number of benzene rings is 1. The summed E-state index contributed by atoms with van der Waals surface area (Å²) in [5, 5.41) is 3.16. The normalized spacial score (nSPS) is 19.1. The zero-order valence-corrected chi connectivity index (χ0v) is 10.9. The Bertz CT molecular complexity index is 466. The average molecular weight is 244 g/mol. The first-order valence-corrected chi connectivity index (χ1v) is 6.91. The molecule has 3 rings (SSSR count). The molecule has 1 fully saturated rings. The second-order valence-electron chi connectivity index (χ2n) is 5.31. The summed E-state index contributed by atoms with van der Waals surface area (Å²) in [4.78, 5) is 14.5. The third kappa shape index (κ3) is 1.88. The third-order valence-electron chi connectivity index (χ3n) is 4.21. The summed E-state index contributed by atoms with van der Waals surface area (Å²) in [7, 11) is 1.92. The fourth-order valence-corrected chi connectivity index (χ4v) is 2.83. The molecule has 1 aromatic rings. The molecule has 0 bridgehead atoms. The number of rotatable bonds is 2. The molecule has 3 heteroatoms. The smallest absolute Gasteiger partial charge is 0.230 e. The minimum Gasteiger partial charge on any atom is -0.388 e. The van der Waals surface area contributed by atoms with Crippen molar-refractivity contribution in [1.29, 1.82) is 0 Å². The molecule has 1 aliphatic carbocycles. The number of fused-ring (bicyclic) bond motifs is 1. The number of carbonyl (C=O) groups is 1. The fraction of sp³-hybridized carbons (Fsp3) is 0.533. The van der Waals surface area contributed by atoms with Gasteiger partial charge in [0, 0.05) is 30.9 Å². The van der Waals surface area contributed by atoms with Gasteiger partial charge in [-0.15, -0.1) is 0 Å². The van der Waals surface area contributed by atoms with E-state index in [1.807, 2.05) is 11.9 Å². The van der Waals surface area contributed by atoms with Crippen LogP contribution in [-0.4, -0.2) is 19.5 Å². The lowest BCUT2D eigenvalue weighted by molar-refractivity contribution is -0.124. The van der Waals surface area contributed by atoms with Crippen LogP contribution >= 0.6 is 0 Å². The van der Waals surface area contributed by atoms with Gasteiger partial charge in [-0.2, -0.15) is 0 Å². The molecule has 18 heavy (non-hydrogen) atoms. The van der Waals surface area contributed by atoms with E-state index >= 15 is 0 Å². The molecule has 1 aliphatic heterocycles. The first-order chi connectivity index (χ1) is 8.79. The molecule has 0 aromatic heterocycles. The number of amides is 1. The predicted octanol–water partition coefficient (Wildman–Crippen LogP) is 2.81. The summed E-state index contributed by atoms with van der Waals surface area (Å²) in [6.45, 7) is 0.884. The highest BCUT2D eigenvalue weighted by atomic mass is 16.2. The maximum absolute atomic E-state index is 12.4. The summed E-state index contributed by atoms with van der Waals surface area (Å²) >= 11 is 0. The van der Waals surface area contributed by atoms with Gasteiger partial charge in [-0.25, -0.2) is 0 Å². The quantitative estimate of drug-likeness (QED) is 0.867. The van der Waals surface area contributed by atoms with Crippen LogP contribution in [0, 0.1) is 5.92 Å². The van der Waals surface area contributed by atoms with Crippen LogP contribution in [0.25, 0.3) is 0 Å². The molecule has 1 saturated carbocycles. The highest BCUT2D eigenvalue weighted by molar-refractivity contribution is 5.97. The fourth-order valence-electron chi connectivity index (χ4n) is 2.83. The van der Waals surface area contributed by atoms with Crippen molar-refractivity contribution < 1.29 is 4.79 Å². The minimum absolute atomic E-state index is 0.286. The standard InChI is InChI=1S/C15H20N2O/c1-16-13-8-7-11-6-3-9-17(14(11)10-13)15(18)12-4-2-5-12/h7-8,10,12,16H,2-6,9H2,1H3. The molecule has 1 N–H and O–H groups in total. The Hall–Kier alpha value is -1.51. The summed E-state index contributed by atoms with van der Waals surface area (Å²) < 4.78 is 0. The Kier molecular flexibility index (Phi) is 2.98. The van der Waals surface area contributed by atoms with Crippen LogP contribution in [0.5, 0.6) is 0 Å². The molecule has 0 atom stereocenters. The number of hydrogen-bond acceptors (Lipinski definition) is 2. The molecular formula is C15H20N2O. The van der Waals surface area contributed by atoms with Crippen molar-refractivity contribution in [2.45, 2.75) is 32.1 Å². The SMILES string of the molecule is CNc1ccc2c(c1)N(C(=O)C1CCC1)CCC2. The van der Waals surface area contributed by atoms with E-state index in [4.69, 9.17) is 0 Å². The second-order valence-corrected chi connectivity index (χ2v) is 5.31. The van der Waals surface area contributed by atoms with E-state index in [2.05, 4.69) is 23.5 Å². The van der Waals surface area contributed by atoms with Crippen molar-refractivity contribution >= 4 is 17.3 Å². The highest BCUT2D eigenvalue weighted by Crippen LogP contribution is 2.35. The van der Waals surface area contributed by atoms with Crippen molar-refractivity contribution in [3.63, 3.8) is 0 Å². The molecule has 1 heterocycles. The molecule has 2 aliphatic rings. The molecule has 3 nitrogen and oxygen atoms in total. The Morgan fingerprint density at radius 3 is 2.83 bits per heavy atom.